The molecule has 1 saturated heterocycles. The van der Waals surface area contributed by atoms with Gasteiger partial charge in [0.2, 0.25) is 5.95 Å². The Bertz CT molecular complexity index is 660. The van der Waals surface area contributed by atoms with Crippen LogP contribution < -0.4 is 10.6 Å². The molecule has 21 heavy (non-hydrogen) atoms. The molecule has 0 aromatic carbocycles. The van der Waals surface area contributed by atoms with Crippen molar-refractivity contribution in [3.05, 3.63) is 6.33 Å². The molecule has 2 aromatic heterocycles. The lowest BCUT2D eigenvalue weighted by atomic mass is 10.2. The summed E-state index contributed by atoms with van der Waals surface area (Å²) < 4.78 is 20.9. The number of nitrogen functional groups attached to an aromatic ring is 1. The molecule has 114 valence electrons. The van der Waals surface area contributed by atoms with Crippen LogP contribution in [-0.2, 0) is 4.74 Å². The number of halogens is 1. The SMILES string of the molecule is CN(C)c1nc(N)nc2c1ncn2[C@H]1C[C@H](F)[C@@H](CO)O1. The van der Waals surface area contributed by atoms with Gasteiger partial charge in [-0.1, -0.05) is 0 Å². The van der Waals surface area contributed by atoms with Crippen LogP contribution >= 0.6 is 0 Å². The molecular weight excluding hydrogens is 279 g/mol. The molecule has 8 nitrogen and oxygen atoms in total. The molecule has 3 N–H and O–H groups in total. The number of nitrogens with two attached hydrogens (primary N) is 1. The molecule has 0 radical (unpaired) electrons. The number of alkyl halides is 1. The van der Waals surface area contributed by atoms with Crippen molar-refractivity contribution < 1.29 is 14.2 Å². The van der Waals surface area contributed by atoms with Crippen LogP contribution in [0.25, 0.3) is 11.2 Å². The lowest BCUT2D eigenvalue weighted by molar-refractivity contribution is -0.0323. The molecule has 3 atom stereocenters. The Hall–Kier alpha value is -2.00. The average molecular weight is 296 g/mol. The van der Waals surface area contributed by atoms with Gasteiger partial charge in [-0.15, -0.1) is 0 Å². The number of hydrogen-bond acceptors (Lipinski definition) is 7. The van der Waals surface area contributed by atoms with Crippen LogP contribution in [-0.4, -0.2) is 57.6 Å². The van der Waals surface area contributed by atoms with Gasteiger partial charge in [0.05, 0.1) is 12.9 Å². The molecule has 0 bridgehead atoms. The molecule has 0 aliphatic carbocycles. The Morgan fingerprint density at radius 1 is 1.52 bits per heavy atom. The van der Waals surface area contributed by atoms with Crippen molar-refractivity contribution >= 4 is 22.9 Å². The molecule has 2 aromatic rings. The van der Waals surface area contributed by atoms with Crippen LogP contribution in [0.4, 0.5) is 16.2 Å². The summed E-state index contributed by atoms with van der Waals surface area (Å²) >= 11 is 0. The van der Waals surface area contributed by atoms with E-state index in [9.17, 15) is 4.39 Å². The van der Waals surface area contributed by atoms with Crippen LogP contribution in [0.1, 0.15) is 12.6 Å². The van der Waals surface area contributed by atoms with E-state index in [0.717, 1.165) is 0 Å². The minimum atomic E-state index is -1.22. The van der Waals surface area contributed by atoms with Crippen molar-refractivity contribution in [1.29, 1.82) is 0 Å². The van der Waals surface area contributed by atoms with Crippen molar-refractivity contribution in [3.63, 3.8) is 0 Å². The van der Waals surface area contributed by atoms with E-state index in [1.807, 2.05) is 14.1 Å². The summed E-state index contributed by atoms with van der Waals surface area (Å²) in [5.74, 6) is 0.700. The van der Waals surface area contributed by atoms with Gasteiger partial charge < -0.3 is 20.5 Å². The van der Waals surface area contributed by atoms with Crippen LogP contribution in [0.3, 0.4) is 0 Å². The number of rotatable bonds is 3. The number of ether oxygens (including phenoxy) is 1. The molecule has 3 rings (SSSR count). The monoisotopic (exact) mass is 296 g/mol. The predicted molar refractivity (Wildman–Crippen MR) is 74.6 cm³/mol. The van der Waals surface area contributed by atoms with Crippen LogP contribution in [0.15, 0.2) is 6.33 Å². The predicted octanol–water partition coefficient (Wildman–Crippen LogP) is 0.0924. The first kappa shape index (κ1) is 14.0. The second-order valence-electron chi connectivity index (χ2n) is 5.19. The Morgan fingerprint density at radius 2 is 2.29 bits per heavy atom. The van der Waals surface area contributed by atoms with Crippen LogP contribution in [0.5, 0.6) is 0 Å². The lowest BCUT2D eigenvalue weighted by Crippen LogP contribution is -2.21. The molecule has 9 heteroatoms. The third-order valence-electron chi connectivity index (χ3n) is 3.50. The summed E-state index contributed by atoms with van der Waals surface area (Å²) in [7, 11) is 3.65. The highest BCUT2D eigenvalue weighted by molar-refractivity contribution is 5.84. The third kappa shape index (κ3) is 2.28. The van der Waals surface area contributed by atoms with E-state index >= 15 is 0 Å². The normalized spacial score (nSPS) is 25.6. The standard InChI is InChI=1S/C12H17FN6O2/c1-18(2)10-9-11(17-12(14)16-10)19(5-15-9)8-3-6(13)7(4-20)21-8/h5-8,20H,3-4H2,1-2H3,(H2,14,16,17)/t6-,7+,8+/m0/s1. The average Bonchev–Trinajstić information content (AvgIpc) is 3.00. The van der Waals surface area contributed by atoms with Crippen molar-refractivity contribution in [2.75, 3.05) is 31.3 Å². The van der Waals surface area contributed by atoms with E-state index in [-0.39, 0.29) is 19.0 Å². The quantitative estimate of drug-likeness (QED) is 0.827. The molecule has 1 aliphatic rings. The maximum Gasteiger partial charge on any atom is 0.224 e. The fraction of sp³-hybridized carbons (Fsp3) is 0.583. The van der Waals surface area contributed by atoms with Gasteiger partial charge in [-0.25, -0.2) is 9.37 Å². The number of aliphatic hydroxyl groups is 1. The maximum atomic E-state index is 13.7. The molecule has 0 spiro atoms. The van der Waals surface area contributed by atoms with E-state index in [2.05, 4.69) is 15.0 Å². The molecular formula is C12H17FN6O2. The van der Waals surface area contributed by atoms with Crippen molar-refractivity contribution in [1.82, 2.24) is 19.5 Å². The second-order valence-corrected chi connectivity index (χ2v) is 5.19. The zero-order chi connectivity index (χ0) is 15.1. The van der Waals surface area contributed by atoms with E-state index in [0.29, 0.717) is 17.0 Å². The fourth-order valence-electron chi connectivity index (χ4n) is 2.46. The minimum absolute atomic E-state index is 0.112. The van der Waals surface area contributed by atoms with Crippen molar-refractivity contribution in [2.45, 2.75) is 24.9 Å². The highest BCUT2D eigenvalue weighted by atomic mass is 19.1. The zero-order valence-electron chi connectivity index (χ0n) is 11.8. The summed E-state index contributed by atoms with van der Waals surface area (Å²) in [5.41, 5.74) is 6.78. The molecule has 0 unspecified atom stereocenters. The maximum absolute atomic E-state index is 13.7. The number of aromatic nitrogens is 4. The Balaban J connectivity index is 2.05. The summed E-state index contributed by atoms with van der Waals surface area (Å²) in [4.78, 5) is 14.4. The minimum Gasteiger partial charge on any atom is -0.394 e. The van der Waals surface area contributed by atoms with Gasteiger partial charge >= 0.3 is 0 Å². The Kier molecular flexibility index (Phi) is 3.38. The molecule has 1 aliphatic heterocycles. The molecule has 0 saturated carbocycles. The Labute approximate surface area is 120 Å². The first-order chi connectivity index (χ1) is 10.0. The number of anilines is 2. The first-order valence-corrected chi connectivity index (χ1v) is 6.59. The van der Waals surface area contributed by atoms with Crippen molar-refractivity contribution in [2.24, 2.45) is 0 Å². The van der Waals surface area contributed by atoms with Crippen molar-refractivity contribution in [3.8, 4) is 0 Å². The summed E-state index contributed by atoms with van der Waals surface area (Å²) in [6.07, 6.45) is -0.933. The Morgan fingerprint density at radius 3 is 2.90 bits per heavy atom. The van der Waals surface area contributed by atoms with E-state index in [1.165, 1.54) is 6.33 Å². The zero-order valence-corrected chi connectivity index (χ0v) is 11.8. The van der Waals surface area contributed by atoms with Gasteiger partial charge in [0, 0.05) is 20.5 Å². The molecule has 3 heterocycles. The number of aliphatic hydroxyl groups excluding tert-OH is 1. The fourth-order valence-corrected chi connectivity index (χ4v) is 2.46. The van der Waals surface area contributed by atoms with E-state index in [4.69, 9.17) is 15.6 Å². The van der Waals surface area contributed by atoms with Crippen LogP contribution in [0.2, 0.25) is 0 Å². The third-order valence-corrected chi connectivity index (χ3v) is 3.50. The van der Waals surface area contributed by atoms with Gasteiger partial charge in [-0.05, 0) is 0 Å². The number of fused-ring (bicyclic) bond motifs is 1. The topological polar surface area (TPSA) is 102 Å². The highest BCUT2D eigenvalue weighted by Gasteiger charge is 2.36. The highest BCUT2D eigenvalue weighted by Crippen LogP contribution is 2.33. The summed E-state index contributed by atoms with van der Waals surface area (Å²) in [6, 6.07) is 0. The van der Waals surface area contributed by atoms with Gasteiger partial charge in [-0.3, -0.25) is 4.57 Å². The largest absolute Gasteiger partial charge is 0.394 e. The lowest BCUT2D eigenvalue weighted by Gasteiger charge is -2.15. The smallest absolute Gasteiger partial charge is 0.224 e. The van der Waals surface area contributed by atoms with E-state index in [1.54, 1.807) is 9.47 Å². The van der Waals surface area contributed by atoms with Gasteiger partial charge in [0.1, 0.15) is 18.5 Å². The second kappa shape index (κ2) is 5.08. The van der Waals surface area contributed by atoms with Crippen LogP contribution in [0, 0.1) is 0 Å². The van der Waals surface area contributed by atoms with Gasteiger partial charge in [0.25, 0.3) is 0 Å². The number of nitrogens with zero attached hydrogens (tertiary/aromatic N) is 5. The number of imidazole rings is 1. The van der Waals surface area contributed by atoms with Gasteiger partial charge in [-0.2, -0.15) is 9.97 Å². The number of hydrogen-bond donors (Lipinski definition) is 2. The van der Waals surface area contributed by atoms with Gasteiger partial charge in [0.15, 0.2) is 17.0 Å². The van der Waals surface area contributed by atoms with E-state index < -0.39 is 18.5 Å². The first-order valence-electron chi connectivity index (χ1n) is 6.59. The summed E-state index contributed by atoms with van der Waals surface area (Å²) in [6.45, 7) is -0.357. The summed E-state index contributed by atoms with van der Waals surface area (Å²) in [5, 5.41) is 9.08. The molecule has 0 amide bonds. The molecule has 1 fully saturated rings.